The van der Waals surface area contributed by atoms with E-state index in [1.54, 1.807) is 11.4 Å². The molecule has 0 saturated heterocycles. The predicted molar refractivity (Wildman–Crippen MR) is 114 cm³/mol. The number of aromatic nitrogens is 1. The van der Waals surface area contributed by atoms with E-state index in [0.717, 1.165) is 5.56 Å². The molecular weight excluding hydrogens is 410 g/mol. The number of carbonyl (C=O) groups is 1. The van der Waals surface area contributed by atoms with Gasteiger partial charge in [-0.1, -0.05) is 26.0 Å². The minimum atomic E-state index is -3.73. The molecule has 0 unspecified atom stereocenters. The third-order valence-corrected chi connectivity index (χ3v) is 6.17. The van der Waals surface area contributed by atoms with Gasteiger partial charge in [0, 0.05) is 17.3 Å². The zero-order valence-corrected chi connectivity index (χ0v) is 17.6. The summed E-state index contributed by atoms with van der Waals surface area (Å²) < 4.78 is 32.6. The Morgan fingerprint density at radius 1 is 1.17 bits per heavy atom. The molecule has 0 aliphatic heterocycles. The fourth-order valence-corrected chi connectivity index (χ4v) is 4.26. The maximum absolute atomic E-state index is 12.3. The molecule has 152 valence electrons. The Labute approximate surface area is 173 Å². The summed E-state index contributed by atoms with van der Waals surface area (Å²) >= 11 is 1.19. The van der Waals surface area contributed by atoms with Gasteiger partial charge in [-0.15, -0.1) is 11.3 Å². The summed E-state index contributed by atoms with van der Waals surface area (Å²) in [6, 6.07) is 13.5. The Hall–Kier alpha value is -2.91. The Morgan fingerprint density at radius 3 is 2.59 bits per heavy atom. The second-order valence-electron chi connectivity index (χ2n) is 6.53. The predicted octanol–water partition coefficient (Wildman–Crippen LogP) is 4.08. The van der Waals surface area contributed by atoms with Gasteiger partial charge in [-0.2, -0.15) is 0 Å². The Bertz CT molecular complexity index is 1060. The zero-order chi connectivity index (χ0) is 20.9. The second-order valence-corrected chi connectivity index (χ2v) is 9.11. The summed E-state index contributed by atoms with van der Waals surface area (Å²) in [6.07, 6.45) is 1.52. The van der Waals surface area contributed by atoms with E-state index >= 15 is 0 Å². The molecule has 3 rings (SSSR count). The first-order valence-corrected chi connectivity index (χ1v) is 11.2. The summed E-state index contributed by atoms with van der Waals surface area (Å²) in [5.41, 5.74) is 1.61. The summed E-state index contributed by atoms with van der Waals surface area (Å²) in [5.74, 6) is 0.657. The number of rotatable bonds is 8. The van der Waals surface area contributed by atoms with E-state index in [4.69, 9.17) is 4.74 Å². The van der Waals surface area contributed by atoms with Crippen molar-refractivity contribution < 1.29 is 17.9 Å². The topological polar surface area (TPSA) is 97.4 Å². The smallest absolute Gasteiger partial charge is 0.263 e. The molecule has 3 aromatic rings. The van der Waals surface area contributed by atoms with E-state index in [9.17, 15) is 13.2 Å². The normalized spacial score (nSPS) is 11.3. The van der Waals surface area contributed by atoms with Crippen LogP contribution in [0, 0.1) is 0 Å². The van der Waals surface area contributed by atoms with Crippen LogP contribution in [0.2, 0.25) is 0 Å². The highest BCUT2D eigenvalue weighted by Crippen LogP contribution is 2.21. The van der Waals surface area contributed by atoms with Crippen LogP contribution in [0.15, 0.2) is 65.0 Å². The van der Waals surface area contributed by atoms with E-state index in [0.29, 0.717) is 22.5 Å². The summed E-state index contributed by atoms with van der Waals surface area (Å²) in [6.45, 7) is 4.03. The van der Waals surface area contributed by atoms with Crippen molar-refractivity contribution >= 4 is 38.1 Å². The number of amides is 1. The van der Waals surface area contributed by atoms with Crippen molar-refractivity contribution in [3.8, 4) is 5.75 Å². The standard InChI is InChI=1S/C20H21N3O4S2/c1-14(2)15-4-3-5-17(12-15)27-13-19(24)22-16-6-8-18(9-7-16)29(25,26)23-20-21-10-11-28-20/h3-12,14H,13H2,1-2H3,(H,21,23)(H,22,24). The maximum atomic E-state index is 12.3. The largest absolute Gasteiger partial charge is 0.484 e. The number of nitrogens with one attached hydrogen (secondary N) is 2. The number of thiazole rings is 1. The molecule has 7 nitrogen and oxygen atoms in total. The van der Waals surface area contributed by atoms with Crippen LogP contribution in [-0.2, 0) is 14.8 Å². The van der Waals surface area contributed by atoms with Gasteiger partial charge >= 0.3 is 0 Å². The lowest BCUT2D eigenvalue weighted by atomic mass is 10.0. The fraction of sp³-hybridized carbons (Fsp3) is 0.200. The average Bonchev–Trinajstić information content (AvgIpc) is 3.19. The van der Waals surface area contributed by atoms with Crippen LogP contribution < -0.4 is 14.8 Å². The molecule has 0 aliphatic rings. The first-order valence-electron chi connectivity index (χ1n) is 8.88. The quantitative estimate of drug-likeness (QED) is 0.560. The van der Waals surface area contributed by atoms with Crippen molar-refractivity contribution in [2.75, 3.05) is 16.6 Å². The SMILES string of the molecule is CC(C)c1cccc(OCC(=O)Nc2ccc(S(=O)(=O)Nc3nccs3)cc2)c1. The number of hydrogen-bond acceptors (Lipinski definition) is 6. The fourth-order valence-electron chi connectivity index (χ4n) is 2.47. The van der Waals surface area contributed by atoms with Gasteiger partial charge in [0.15, 0.2) is 11.7 Å². The lowest BCUT2D eigenvalue weighted by molar-refractivity contribution is -0.118. The number of hydrogen-bond donors (Lipinski definition) is 2. The molecule has 0 fully saturated rings. The van der Waals surface area contributed by atoms with Crippen molar-refractivity contribution in [1.82, 2.24) is 4.98 Å². The van der Waals surface area contributed by atoms with Crippen molar-refractivity contribution in [3.63, 3.8) is 0 Å². The molecule has 0 aliphatic carbocycles. The van der Waals surface area contributed by atoms with Crippen molar-refractivity contribution in [2.24, 2.45) is 0 Å². The highest BCUT2D eigenvalue weighted by Gasteiger charge is 2.15. The summed E-state index contributed by atoms with van der Waals surface area (Å²) in [4.78, 5) is 16.1. The summed E-state index contributed by atoms with van der Waals surface area (Å²) in [5, 5.41) is 4.66. The number of sulfonamides is 1. The van der Waals surface area contributed by atoms with Crippen LogP contribution in [0.4, 0.5) is 10.8 Å². The monoisotopic (exact) mass is 431 g/mol. The summed E-state index contributed by atoms with van der Waals surface area (Å²) in [7, 11) is -3.73. The van der Waals surface area contributed by atoms with Gasteiger partial charge in [-0.3, -0.25) is 9.52 Å². The number of benzene rings is 2. The second kappa shape index (κ2) is 9.06. The molecule has 0 spiro atoms. The molecule has 9 heteroatoms. The Kier molecular flexibility index (Phi) is 6.50. The van der Waals surface area contributed by atoms with Gasteiger partial charge in [0.25, 0.3) is 15.9 Å². The van der Waals surface area contributed by atoms with Gasteiger partial charge in [0.1, 0.15) is 5.75 Å². The molecule has 0 bridgehead atoms. The maximum Gasteiger partial charge on any atom is 0.263 e. The number of ether oxygens (including phenoxy) is 1. The van der Waals surface area contributed by atoms with E-state index in [2.05, 4.69) is 28.9 Å². The molecule has 0 radical (unpaired) electrons. The third kappa shape index (κ3) is 5.78. The molecule has 0 saturated carbocycles. The molecule has 2 N–H and O–H groups in total. The van der Waals surface area contributed by atoms with Gasteiger partial charge in [-0.05, 0) is 47.9 Å². The molecular formula is C20H21N3O4S2. The van der Waals surface area contributed by atoms with E-state index in [1.165, 1.54) is 41.8 Å². The lowest BCUT2D eigenvalue weighted by Crippen LogP contribution is -2.20. The van der Waals surface area contributed by atoms with E-state index < -0.39 is 10.0 Å². The zero-order valence-electron chi connectivity index (χ0n) is 16.0. The minimum absolute atomic E-state index is 0.0763. The molecule has 1 amide bonds. The average molecular weight is 432 g/mol. The van der Waals surface area contributed by atoms with Crippen LogP contribution in [0.5, 0.6) is 5.75 Å². The van der Waals surface area contributed by atoms with E-state index in [1.807, 2.05) is 18.2 Å². The van der Waals surface area contributed by atoms with Crippen LogP contribution >= 0.6 is 11.3 Å². The number of anilines is 2. The van der Waals surface area contributed by atoms with Crippen molar-refractivity contribution in [3.05, 3.63) is 65.7 Å². The third-order valence-electron chi connectivity index (χ3n) is 4.00. The van der Waals surface area contributed by atoms with Crippen LogP contribution in [0.25, 0.3) is 0 Å². The van der Waals surface area contributed by atoms with Gasteiger partial charge in [0.05, 0.1) is 4.90 Å². The van der Waals surface area contributed by atoms with Crippen molar-refractivity contribution in [1.29, 1.82) is 0 Å². The van der Waals surface area contributed by atoms with Crippen LogP contribution in [0.3, 0.4) is 0 Å². The van der Waals surface area contributed by atoms with Gasteiger partial charge in [-0.25, -0.2) is 13.4 Å². The minimum Gasteiger partial charge on any atom is -0.484 e. The van der Waals surface area contributed by atoms with Gasteiger partial charge < -0.3 is 10.1 Å². The lowest BCUT2D eigenvalue weighted by Gasteiger charge is -2.11. The van der Waals surface area contributed by atoms with E-state index in [-0.39, 0.29) is 17.4 Å². The molecule has 29 heavy (non-hydrogen) atoms. The highest BCUT2D eigenvalue weighted by atomic mass is 32.2. The molecule has 2 aromatic carbocycles. The first-order chi connectivity index (χ1) is 13.8. The Balaban J connectivity index is 1.56. The number of carbonyl (C=O) groups excluding carboxylic acids is 1. The van der Waals surface area contributed by atoms with Crippen molar-refractivity contribution in [2.45, 2.75) is 24.7 Å². The Morgan fingerprint density at radius 2 is 1.93 bits per heavy atom. The van der Waals surface area contributed by atoms with Crippen LogP contribution in [-0.4, -0.2) is 25.9 Å². The molecule has 1 aromatic heterocycles. The van der Waals surface area contributed by atoms with Crippen LogP contribution in [0.1, 0.15) is 25.3 Å². The highest BCUT2D eigenvalue weighted by molar-refractivity contribution is 7.93. The van der Waals surface area contributed by atoms with Gasteiger partial charge in [0.2, 0.25) is 0 Å². The first kappa shape index (κ1) is 20.8. The number of nitrogens with zero attached hydrogens (tertiary/aromatic N) is 1. The molecule has 0 atom stereocenters. The molecule has 1 heterocycles.